The molecule has 0 radical (unpaired) electrons. The molecule has 166 valence electrons. The fourth-order valence-corrected chi connectivity index (χ4v) is 4.81. The Morgan fingerprint density at radius 1 is 1.20 bits per heavy atom. The average molecular weight is 455 g/mol. The Labute approximate surface area is 183 Å². The monoisotopic (exact) mass is 454 g/mol. The molecule has 9 heteroatoms. The second kappa shape index (κ2) is 12.8. The number of thioether (sulfide) groups is 1. The Kier molecular flexibility index (Phi) is 10.4. The lowest BCUT2D eigenvalue weighted by atomic mass is 9.97. The molecule has 0 fully saturated rings. The van der Waals surface area contributed by atoms with Gasteiger partial charge in [-0.25, -0.2) is 8.42 Å². The lowest BCUT2D eigenvalue weighted by Gasteiger charge is -2.17. The predicted molar refractivity (Wildman–Crippen MR) is 119 cm³/mol. The Hall–Kier alpha value is -1.84. The standard InChI is InChI=1S/C21H30N2O5S2/c1-29-15-13-19(23-30(26,27)18-10-6-3-7-11-18)21(25)28-16-20(24)22-14-12-17-8-4-2-5-9-17/h3,6-8,10-11,19,23H,2,4-5,9,12-16H2,1H3,(H,22,24). The number of hydrogen-bond donors (Lipinski definition) is 2. The van der Waals surface area contributed by atoms with E-state index in [4.69, 9.17) is 4.74 Å². The molecule has 0 heterocycles. The summed E-state index contributed by atoms with van der Waals surface area (Å²) in [6, 6.07) is 6.78. The van der Waals surface area contributed by atoms with Gasteiger partial charge in [-0.1, -0.05) is 29.8 Å². The predicted octanol–water partition coefficient (Wildman–Crippen LogP) is 2.64. The van der Waals surface area contributed by atoms with Gasteiger partial charge in [0.2, 0.25) is 10.0 Å². The Bertz CT molecular complexity index is 825. The van der Waals surface area contributed by atoms with Gasteiger partial charge in [0.1, 0.15) is 6.04 Å². The van der Waals surface area contributed by atoms with Crippen LogP contribution in [0.5, 0.6) is 0 Å². The summed E-state index contributed by atoms with van der Waals surface area (Å²) in [4.78, 5) is 24.5. The molecular formula is C21H30N2O5S2. The number of carbonyl (C=O) groups excluding carboxylic acids is 2. The minimum Gasteiger partial charge on any atom is -0.454 e. The highest BCUT2D eigenvalue weighted by Crippen LogP contribution is 2.19. The largest absolute Gasteiger partial charge is 0.454 e. The van der Waals surface area contributed by atoms with Gasteiger partial charge in [0.25, 0.3) is 5.91 Å². The number of esters is 1. The van der Waals surface area contributed by atoms with Crippen molar-refractivity contribution in [2.45, 2.75) is 49.5 Å². The number of allylic oxidation sites excluding steroid dienone is 1. The molecule has 0 aliphatic heterocycles. The van der Waals surface area contributed by atoms with E-state index in [1.165, 1.54) is 42.3 Å². The van der Waals surface area contributed by atoms with Crippen LogP contribution in [0.3, 0.4) is 0 Å². The molecule has 0 saturated carbocycles. The number of amides is 1. The van der Waals surface area contributed by atoms with Gasteiger partial charge in [-0.3, -0.25) is 9.59 Å². The Morgan fingerprint density at radius 3 is 2.63 bits per heavy atom. The number of hydrogen-bond acceptors (Lipinski definition) is 6. The summed E-state index contributed by atoms with van der Waals surface area (Å²) in [6.07, 6.45) is 9.73. The maximum atomic E-state index is 12.5. The van der Waals surface area contributed by atoms with Crippen LogP contribution in [0.2, 0.25) is 0 Å². The third-order valence-corrected chi connectivity index (χ3v) is 6.88. The summed E-state index contributed by atoms with van der Waals surface area (Å²) < 4.78 is 32.5. The van der Waals surface area contributed by atoms with Crippen LogP contribution in [-0.4, -0.2) is 51.5 Å². The molecule has 1 atom stereocenters. The van der Waals surface area contributed by atoms with Crippen molar-refractivity contribution in [1.82, 2.24) is 10.0 Å². The van der Waals surface area contributed by atoms with Crippen LogP contribution in [0.1, 0.15) is 38.5 Å². The normalized spacial score (nSPS) is 15.2. The minimum atomic E-state index is -3.87. The van der Waals surface area contributed by atoms with Gasteiger partial charge in [-0.2, -0.15) is 16.5 Å². The van der Waals surface area contributed by atoms with Crippen molar-refractivity contribution in [3.8, 4) is 0 Å². The van der Waals surface area contributed by atoms with Crippen LogP contribution in [-0.2, 0) is 24.3 Å². The van der Waals surface area contributed by atoms with Crippen molar-refractivity contribution >= 4 is 33.7 Å². The first-order valence-electron chi connectivity index (χ1n) is 10.1. The lowest BCUT2D eigenvalue weighted by molar-refractivity contribution is -0.150. The van der Waals surface area contributed by atoms with Crippen molar-refractivity contribution < 1.29 is 22.7 Å². The molecule has 1 unspecified atom stereocenters. The second-order valence-corrected chi connectivity index (χ2v) is 9.78. The van der Waals surface area contributed by atoms with Crippen LogP contribution in [0.4, 0.5) is 0 Å². The first-order chi connectivity index (χ1) is 14.4. The fourth-order valence-electron chi connectivity index (χ4n) is 3.10. The molecule has 0 aromatic heterocycles. The fraction of sp³-hybridized carbons (Fsp3) is 0.524. The van der Waals surface area contributed by atoms with Crippen molar-refractivity contribution in [3.63, 3.8) is 0 Å². The van der Waals surface area contributed by atoms with Crippen molar-refractivity contribution in [2.75, 3.05) is 25.2 Å². The van der Waals surface area contributed by atoms with Gasteiger partial charge >= 0.3 is 5.97 Å². The van der Waals surface area contributed by atoms with Crippen molar-refractivity contribution in [3.05, 3.63) is 42.0 Å². The summed E-state index contributed by atoms with van der Waals surface area (Å²) in [6.45, 7) is 0.0689. The molecule has 0 bridgehead atoms. The molecule has 1 aromatic rings. The van der Waals surface area contributed by atoms with Gasteiger partial charge in [-0.05, 0) is 62.7 Å². The summed E-state index contributed by atoms with van der Waals surface area (Å²) in [5.41, 5.74) is 1.35. The molecule has 30 heavy (non-hydrogen) atoms. The topological polar surface area (TPSA) is 102 Å². The van der Waals surface area contributed by atoms with E-state index < -0.39 is 34.5 Å². The lowest BCUT2D eigenvalue weighted by Crippen LogP contribution is -2.43. The van der Waals surface area contributed by atoms with E-state index in [9.17, 15) is 18.0 Å². The molecule has 2 N–H and O–H groups in total. The number of rotatable bonds is 12. The van der Waals surface area contributed by atoms with E-state index in [1.54, 1.807) is 18.2 Å². The molecule has 7 nitrogen and oxygen atoms in total. The van der Waals surface area contributed by atoms with Crippen LogP contribution < -0.4 is 10.0 Å². The maximum Gasteiger partial charge on any atom is 0.324 e. The summed E-state index contributed by atoms with van der Waals surface area (Å²) in [5.74, 6) is -0.582. The van der Waals surface area contributed by atoms with E-state index in [1.807, 2.05) is 6.26 Å². The van der Waals surface area contributed by atoms with E-state index >= 15 is 0 Å². The molecule has 0 saturated heterocycles. The van der Waals surface area contributed by atoms with Crippen LogP contribution in [0.25, 0.3) is 0 Å². The van der Waals surface area contributed by atoms with Crippen molar-refractivity contribution in [2.24, 2.45) is 0 Å². The SMILES string of the molecule is CSCCC(NS(=O)(=O)c1ccccc1)C(=O)OCC(=O)NCCC1=CCCCC1. The minimum absolute atomic E-state index is 0.0710. The number of benzene rings is 1. The van der Waals surface area contributed by atoms with E-state index in [0.717, 1.165) is 19.3 Å². The second-order valence-electron chi connectivity index (χ2n) is 7.08. The summed E-state index contributed by atoms with van der Waals surface area (Å²) in [5, 5.41) is 2.74. The van der Waals surface area contributed by atoms with Crippen LogP contribution >= 0.6 is 11.8 Å². The summed E-state index contributed by atoms with van der Waals surface area (Å²) in [7, 11) is -3.87. The number of sulfonamides is 1. The van der Waals surface area contributed by atoms with Crippen LogP contribution in [0, 0.1) is 0 Å². The molecular weight excluding hydrogens is 424 g/mol. The zero-order valence-corrected chi connectivity index (χ0v) is 18.9. The van der Waals surface area contributed by atoms with E-state index in [-0.39, 0.29) is 11.3 Å². The number of ether oxygens (including phenoxy) is 1. The van der Waals surface area contributed by atoms with Gasteiger partial charge in [-0.15, -0.1) is 0 Å². The highest BCUT2D eigenvalue weighted by atomic mass is 32.2. The number of nitrogens with one attached hydrogen (secondary N) is 2. The van der Waals surface area contributed by atoms with E-state index in [0.29, 0.717) is 12.3 Å². The van der Waals surface area contributed by atoms with E-state index in [2.05, 4.69) is 16.1 Å². The molecule has 1 aliphatic carbocycles. The van der Waals surface area contributed by atoms with Crippen LogP contribution in [0.15, 0.2) is 46.9 Å². The Morgan fingerprint density at radius 2 is 1.97 bits per heavy atom. The quantitative estimate of drug-likeness (QED) is 0.372. The first kappa shape index (κ1) is 24.4. The molecule has 1 aromatic carbocycles. The van der Waals surface area contributed by atoms with Crippen molar-refractivity contribution in [1.29, 1.82) is 0 Å². The van der Waals surface area contributed by atoms with Gasteiger partial charge in [0.15, 0.2) is 6.61 Å². The smallest absolute Gasteiger partial charge is 0.324 e. The third-order valence-electron chi connectivity index (χ3n) is 4.74. The van der Waals surface area contributed by atoms with Gasteiger partial charge < -0.3 is 10.1 Å². The zero-order chi connectivity index (χ0) is 21.8. The first-order valence-corrected chi connectivity index (χ1v) is 13.0. The Balaban J connectivity index is 1.83. The molecule has 0 spiro atoms. The third kappa shape index (κ3) is 8.49. The number of carbonyl (C=O) groups is 2. The molecule has 2 rings (SSSR count). The average Bonchev–Trinajstić information content (AvgIpc) is 2.76. The zero-order valence-electron chi connectivity index (χ0n) is 17.3. The van der Waals surface area contributed by atoms with Gasteiger partial charge in [0, 0.05) is 6.54 Å². The highest BCUT2D eigenvalue weighted by molar-refractivity contribution is 7.98. The summed E-state index contributed by atoms with van der Waals surface area (Å²) >= 11 is 1.49. The molecule has 1 amide bonds. The maximum absolute atomic E-state index is 12.5. The van der Waals surface area contributed by atoms with Gasteiger partial charge in [0.05, 0.1) is 4.90 Å². The molecule has 1 aliphatic rings. The highest BCUT2D eigenvalue weighted by Gasteiger charge is 2.27.